The molecule has 0 aliphatic heterocycles. The molecule has 2 heterocycles. The lowest BCUT2D eigenvalue weighted by Crippen LogP contribution is -2.23. The molecule has 2 aromatic heterocycles. The van der Waals surface area contributed by atoms with E-state index in [0.717, 1.165) is 22.5 Å². The Morgan fingerprint density at radius 2 is 1.94 bits per heavy atom. The van der Waals surface area contributed by atoms with Gasteiger partial charge >= 0.3 is 0 Å². The smallest absolute Gasteiger partial charge is 0.269 e. The first-order valence-electron chi connectivity index (χ1n) is 9.78. The van der Waals surface area contributed by atoms with Crippen molar-refractivity contribution in [2.45, 2.75) is 27.3 Å². The molecule has 0 bridgehead atoms. The molecule has 0 aliphatic carbocycles. The number of nitro benzene ring substituents is 1. The molecule has 0 spiro atoms. The van der Waals surface area contributed by atoms with E-state index in [0.29, 0.717) is 23.1 Å². The van der Waals surface area contributed by atoms with E-state index < -0.39 is 4.92 Å². The summed E-state index contributed by atoms with van der Waals surface area (Å²) in [5.41, 5.74) is 4.39. The first-order chi connectivity index (χ1) is 15.3. The summed E-state index contributed by atoms with van der Waals surface area (Å²) < 4.78 is 1.64. The highest BCUT2D eigenvalue weighted by molar-refractivity contribution is 7.14. The lowest BCUT2D eigenvalue weighted by atomic mass is 10.1. The molecule has 162 valence electrons. The van der Waals surface area contributed by atoms with Crippen molar-refractivity contribution in [3.63, 3.8) is 0 Å². The second-order valence-electron chi connectivity index (χ2n) is 7.34. The van der Waals surface area contributed by atoms with Crippen molar-refractivity contribution in [1.82, 2.24) is 19.7 Å². The zero-order valence-corrected chi connectivity index (χ0v) is 18.5. The number of thiazole rings is 1. The molecule has 9 nitrogen and oxygen atoms in total. The molecule has 0 atom stereocenters. The van der Waals surface area contributed by atoms with Gasteiger partial charge in [0.2, 0.25) is 5.91 Å². The monoisotopic (exact) mass is 448 g/mol. The summed E-state index contributed by atoms with van der Waals surface area (Å²) in [5, 5.41) is 17.7. The highest BCUT2D eigenvalue weighted by Gasteiger charge is 2.20. The molecule has 1 amide bonds. The number of amides is 1. The zero-order valence-electron chi connectivity index (χ0n) is 17.7. The molecule has 2 aromatic carbocycles. The third kappa shape index (κ3) is 4.40. The van der Waals surface area contributed by atoms with Gasteiger partial charge in [0, 0.05) is 30.0 Å². The normalized spacial score (nSPS) is 10.8. The second kappa shape index (κ2) is 8.67. The zero-order chi connectivity index (χ0) is 22.8. The van der Waals surface area contributed by atoms with Crippen molar-refractivity contribution in [3.8, 4) is 11.4 Å². The van der Waals surface area contributed by atoms with Crippen LogP contribution in [0.25, 0.3) is 11.4 Å². The minimum atomic E-state index is -0.446. The Kier molecular flexibility index (Phi) is 5.78. The second-order valence-corrected chi connectivity index (χ2v) is 8.17. The lowest BCUT2D eigenvalue weighted by Gasteiger charge is -2.20. The van der Waals surface area contributed by atoms with Crippen molar-refractivity contribution >= 4 is 33.8 Å². The summed E-state index contributed by atoms with van der Waals surface area (Å²) in [6.07, 6.45) is 1.59. The average Bonchev–Trinajstić information content (AvgIpc) is 3.40. The molecule has 0 fully saturated rings. The lowest BCUT2D eigenvalue weighted by molar-refractivity contribution is -0.384. The van der Waals surface area contributed by atoms with Gasteiger partial charge in [0.05, 0.1) is 22.8 Å². The Bertz CT molecular complexity index is 1300. The highest BCUT2D eigenvalue weighted by Crippen LogP contribution is 2.32. The maximum Gasteiger partial charge on any atom is 0.269 e. The van der Waals surface area contributed by atoms with Crippen LogP contribution in [-0.4, -0.2) is 30.6 Å². The van der Waals surface area contributed by atoms with Gasteiger partial charge in [0.15, 0.2) is 11.0 Å². The van der Waals surface area contributed by atoms with Crippen molar-refractivity contribution in [3.05, 3.63) is 81.1 Å². The van der Waals surface area contributed by atoms with E-state index in [2.05, 4.69) is 15.1 Å². The van der Waals surface area contributed by atoms with E-state index in [4.69, 9.17) is 0 Å². The summed E-state index contributed by atoms with van der Waals surface area (Å²) in [7, 11) is 0. The Hall–Kier alpha value is -3.92. The minimum Gasteiger partial charge on any atom is -0.274 e. The molecule has 0 radical (unpaired) electrons. The molecule has 4 rings (SSSR count). The first kappa shape index (κ1) is 21.3. The van der Waals surface area contributed by atoms with Crippen LogP contribution < -0.4 is 4.90 Å². The third-order valence-corrected chi connectivity index (χ3v) is 5.71. The van der Waals surface area contributed by atoms with Gasteiger partial charge < -0.3 is 0 Å². The number of hydrogen-bond donors (Lipinski definition) is 0. The average molecular weight is 449 g/mol. The molecular weight excluding hydrogens is 428 g/mol. The van der Waals surface area contributed by atoms with Crippen LogP contribution in [0.4, 0.5) is 16.5 Å². The van der Waals surface area contributed by atoms with Gasteiger partial charge in [0.25, 0.3) is 5.69 Å². The molecule has 0 N–H and O–H groups in total. The van der Waals surface area contributed by atoms with E-state index in [1.54, 1.807) is 28.0 Å². The molecule has 0 aliphatic rings. The van der Waals surface area contributed by atoms with Crippen molar-refractivity contribution in [2.24, 2.45) is 0 Å². The third-order valence-electron chi connectivity index (χ3n) is 4.84. The Morgan fingerprint density at radius 3 is 2.59 bits per heavy atom. The molecule has 4 aromatic rings. The van der Waals surface area contributed by atoms with Gasteiger partial charge in [-0.3, -0.25) is 19.8 Å². The number of non-ortho nitro benzene ring substituents is 1. The number of aryl methyl sites for hydroxylation is 2. The van der Waals surface area contributed by atoms with Gasteiger partial charge in [-0.2, -0.15) is 5.10 Å². The van der Waals surface area contributed by atoms with Crippen LogP contribution in [-0.2, 0) is 11.3 Å². The van der Waals surface area contributed by atoms with Crippen LogP contribution in [0.2, 0.25) is 0 Å². The Balaban J connectivity index is 1.54. The highest BCUT2D eigenvalue weighted by atomic mass is 32.1. The van der Waals surface area contributed by atoms with Gasteiger partial charge in [-0.05, 0) is 37.6 Å². The molecule has 10 heteroatoms. The van der Waals surface area contributed by atoms with Crippen molar-refractivity contribution < 1.29 is 9.72 Å². The maximum atomic E-state index is 12.4. The molecule has 32 heavy (non-hydrogen) atoms. The number of rotatable bonds is 6. The summed E-state index contributed by atoms with van der Waals surface area (Å²) >= 11 is 1.39. The van der Waals surface area contributed by atoms with Crippen LogP contribution in [0, 0.1) is 24.0 Å². The van der Waals surface area contributed by atoms with Gasteiger partial charge in [-0.15, -0.1) is 11.3 Å². The number of nitro groups is 1. The summed E-state index contributed by atoms with van der Waals surface area (Å²) in [6, 6.07) is 12.0. The summed E-state index contributed by atoms with van der Waals surface area (Å²) in [5.74, 6) is 0.357. The quantitative estimate of drug-likeness (QED) is 0.314. The number of hydrogen-bond acceptors (Lipinski definition) is 7. The predicted octanol–water partition coefficient (Wildman–Crippen LogP) is 4.66. The summed E-state index contributed by atoms with van der Waals surface area (Å²) in [4.78, 5) is 33.3. The van der Waals surface area contributed by atoms with Crippen LogP contribution >= 0.6 is 11.3 Å². The van der Waals surface area contributed by atoms with Crippen LogP contribution in [0.15, 0.2) is 54.2 Å². The number of carbonyl (C=O) groups is 1. The number of anilines is 2. The van der Waals surface area contributed by atoms with Crippen molar-refractivity contribution in [2.75, 3.05) is 4.90 Å². The SMILES string of the molecule is CC(=O)N(c1nc(Cn2cnc(-c3ccc([N+](=O)[O-])cc3)n2)cs1)c1ccc(C)cc1C. The Labute approximate surface area is 188 Å². The maximum absolute atomic E-state index is 12.4. The fraction of sp³-hybridized carbons (Fsp3) is 0.182. The van der Waals surface area contributed by atoms with E-state index in [-0.39, 0.29) is 11.6 Å². The topological polar surface area (TPSA) is 107 Å². The van der Waals surface area contributed by atoms with Gasteiger partial charge in [-0.1, -0.05) is 17.7 Å². The Morgan fingerprint density at radius 1 is 1.19 bits per heavy atom. The molecular formula is C22H20N6O3S. The standard InChI is InChI=1S/C22H20N6O3S/c1-14-4-9-20(15(2)10-14)27(16(3)29)22-24-18(12-32-22)11-26-13-23-21(25-26)17-5-7-19(8-6-17)28(30)31/h4-10,12-13H,11H2,1-3H3. The van der Waals surface area contributed by atoms with Crippen LogP contribution in [0.3, 0.4) is 0 Å². The minimum absolute atomic E-state index is 0.0158. The van der Waals surface area contributed by atoms with Crippen LogP contribution in [0.5, 0.6) is 0 Å². The number of benzene rings is 2. The van der Waals surface area contributed by atoms with Gasteiger partial charge in [0.1, 0.15) is 6.33 Å². The fourth-order valence-electron chi connectivity index (χ4n) is 3.34. The fourth-order valence-corrected chi connectivity index (χ4v) is 4.21. The predicted molar refractivity (Wildman–Crippen MR) is 122 cm³/mol. The van der Waals surface area contributed by atoms with Gasteiger partial charge in [-0.25, -0.2) is 14.6 Å². The van der Waals surface area contributed by atoms with E-state index in [1.807, 2.05) is 37.4 Å². The van der Waals surface area contributed by atoms with E-state index in [1.165, 1.54) is 30.4 Å². The molecule has 0 unspecified atom stereocenters. The molecule has 0 saturated heterocycles. The largest absolute Gasteiger partial charge is 0.274 e. The number of aromatic nitrogens is 4. The summed E-state index contributed by atoms with van der Waals surface area (Å²) in [6.45, 7) is 5.89. The first-order valence-corrected chi connectivity index (χ1v) is 10.7. The number of carbonyl (C=O) groups excluding carboxylic acids is 1. The molecule has 0 saturated carbocycles. The number of nitrogens with zero attached hydrogens (tertiary/aromatic N) is 6. The van der Waals surface area contributed by atoms with Crippen LogP contribution in [0.1, 0.15) is 23.7 Å². The van der Waals surface area contributed by atoms with E-state index >= 15 is 0 Å². The van der Waals surface area contributed by atoms with E-state index in [9.17, 15) is 14.9 Å². The van der Waals surface area contributed by atoms with Crippen molar-refractivity contribution in [1.29, 1.82) is 0 Å².